The predicted molar refractivity (Wildman–Crippen MR) is 106 cm³/mol. The van der Waals surface area contributed by atoms with Gasteiger partial charge in [0.25, 0.3) is 0 Å². The van der Waals surface area contributed by atoms with E-state index in [1.807, 2.05) is 47.4 Å². The van der Waals surface area contributed by atoms with Crippen molar-refractivity contribution < 1.29 is 14.3 Å². The summed E-state index contributed by atoms with van der Waals surface area (Å²) < 4.78 is 11.6. The van der Waals surface area contributed by atoms with Crippen LogP contribution in [0.1, 0.15) is 25.0 Å². The highest BCUT2D eigenvalue weighted by atomic mass is 16.5. The quantitative estimate of drug-likeness (QED) is 0.800. The van der Waals surface area contributed by atoms with E-state index in [0.29, 0.717) is 18.3 Å². The molecule has 1 saturated heterocycles. The van der Waals surface area contributed by atoms with Crippen LogP contribution in [0.3, 0.4) is 0 Å². The molecule has 6 nitrogen and oxygen atoms in total. The number of benzene rings is 1. The largest absolute Gasteiger partial charge is 0.487 e. The number of para-hydroxylation sites is 2. The Morgan fingerprint density at radius 1 is 1.18 bits per heavy atom. The Labute approximate surface area is 165 Å². The lowest BCUT2D eigenvalue weighted by Gasteiger charge is -2.31. The second-order valence-corrected chi connectivity index (χ2v) is 7.95. The highest BCUT2D eigenvalue weighted by Crippen LogP contribution is 2.39. The van der Waals surface area contributed by atoms with Crippen LogP contribution in [-0.2, 0) is 11.3 Å². The van der Waals surface area contributed by atoms with Crippen LogP contribution in [0.25, 0.3) is 0 Å². The molecule has 3 aliphatic rings. The number of rotatable bonds is 5. The highest BCUT2D eigenvalue weighted by molar-refractivity contribution is 5.99. The van der Waals surface area contributed by atoms with E-state index >= 15 is 0 Å². The number of pyridine rings is 1. The number of carbonyl (C=O) groups is 1. The molecule has 1 amide bonds. The smallest absolute Gasteiger partial charge is 0.244 e. The fourth-order valence-corrected chi connectivity index (χ4v) is 4.25. The van der Waals surface area contributed by atoms with Crippen molar-refractivity contribution >= 4 is 11.6 Å². The van der Waals surface area contributed by atoms with Gasteiger partial charge in [-0.25, -0.2) is 4.98 Å². The van der Waals surface area contributed by atoms with Crippen LogP contribution in [0.4, 0.5) is 5.69 Å². The van der Waals surface area contributed by atoms with E-state index in [0.717, 1.165) is 36.6 Å². The van der Waals surface area contributed by atoms with E-state index in [2.05, 4.69) is 9.88 Å². The third kappa shape index (κ3) is 3.33. The number of ether oxygens (including phenoxy) is 2. The zero-order valence-corrected chi connectivity index (χ0v) is 16.1. The maximum Gasteiger partial charge on any atom is 0.244 e. The first-order valence-corrected chi connectivity index (χ1v) is 10.0. The van der Waals surface area contributed by atoms with Crippen molar-refractivity contribution in [2.75, 3.05) is 25.1 Å². The van der Waals surface area contributed by atoms with Gasteiger partial charge in [0.1, 0.15) is 11.9 Å². The zero-order valence-electron chi connectivity index (χ0n) is 16.1. The normalized spacial score (nSPS) is 24.3. The van der Waals surface area contributed by atoms with Gasteiger partial charge in [0.15, 0.2) is 0 Å². The van der Waals surface area contributed by atoms with Crippen molar-refractivity contribution in [2.24, 2.45) is 5.92 Å². The maximum atomic E-state index is 13.6. The first kappa shape index (κ1) is 17.5. The summed E-state index contributed by atoms with van der Waals surface area (Å²) in [6.45, 7) is 2.12. The van der Waals surface area contributed by atoms with Crippen molar-refractivity contribution in [2.45, 2.75) is 38.0 Å². The van der Waals surface area contributed by atoms with Crippen molar-refractivity contribution in [1.29, 1.82) is 0 Å². The number of methoxy groups -OCH3 is 1. The molecular weight excluding hydrogens is 354 g/mol. The Morgan fingerprint density at radius 3 is 2.86 bits per heavy atom. The molecule has 2 aromatic rings. The summed E-state index contributed by atoms with van der Waals surface area (Å²) in [7, 11) is 1.62. The molecular formula is C22H25N3O3. The van der Waals surface area contributed by atoms with Crippen LogP contribution < -0.4 is 14.4 Å². The number of nitrogens with zero attached hydrogens (tertiary/aromatic N) is 3. The van der Waals surface area contributed by atoms with Gasteiger partial charge in [-0.15, -0.1) is 0 Å². The van der Waals surface area contributed by atoms with E-state index in [1.54, 1.807) is 7.11 Å². The Hall–Kier alpha value is -2.60. The van der Waals surface area contributed by atoms with Crippen LogP contribution in [0.5, 0.6) is 11.6 Å². The topological polar surface area (TPSA) is 54.9 Å². The lowest BCUT2D eigenvalue weighted by molar-refractivity contribution is -0.123. The van der Waals surface area contributed by atoms with Gasteiger partial charge in [0.2, 0.25) is 11.8 Å². The number of aromatic nitrogens is 1. The number of anilines is 1. The number of amides is 1. The number of fused-ring (bicyclic) bond motifs is 3. The summed E-state index contributed by atoms with van der Waals surface area (Å²) in [6.07, 6.45) is 3.15. The lowest BCUT2D eigenvalue weighted by Crippen LogP contribution is -2.46. The van der Waals surface area contributed by atoms with Crippen LogP contribution in [0.2, 0.25) is 0 Å². The molecule has 3 heterocycles. The van der Waals surface area contributed by atoms with Crippen molar-refractivity contribution in [3.05, 3.63) is 48.2 Å². The molecule has 1 aromatic carbocycles. The van der Waals surface area contributed by atoms with Gasteiger partial charge in [-0.3, -0.25) is 9.69 Å². The molecule has 2 atom stereocenters. The third-order valence-electron chi connectivity index (χ3n) is 5.86. The Kier molecular flexibility index (Phi) is 4.43. The predicted octanol–water partition coefficient (Wildman–Crippen LogP) is 2.87. The molecule has 1 aromatic heterocycles. The average Bonchev–Trinajstić information content (AvgIpc) is 3.45. The molecule has 1 aliphatic carbocycles. The van der Waals surface area contributed by atoms with Gasteiger partial charge in [0, 0.05) is 32.1 Å². The molecule has 1 saturated carbocycles. The highest BCUT2D eigenvalue weighted by Gasteiger charge is 2.43. The molecule has 0 spiro atoms. The molecule has 2 fully saturated rings. The van der Waals surface area contributed by atoms with Gasteiger partial charge in [-0.05, 0) is 37.0 Å². The van der Waals surface area contributed by atoms with Gasteiger partial charge in [-0.2, -0.15) is 0 Å². The summed E-state index contributed by atoms with van der Waals surface area (Å²) in [4.78, 5) is 22.3. The SMILES string of the molecule is COc1cccc(CN2C[C@@H]3C[C@H]2C(=O)N(CC2CC2)c2ccccc2O3)n1. The second kappa shape index (κ2) is 7.09. The number of hydrogen-bond acceptors (Lipinski definition) is 5. The molecule has 2 aliphatic heterocycles. The molecule has 0 N–H and O–H groups in total. The van der Waals surface area contributed by atoms with Crippen LogP contribution >= 0.6 is 0 Å². The van der Waals surface area contributed by atoms with Gasteiger partial charge < -0.3 is 14.4 Å². The fourth-order valence-electron chi connectivity index (χ4n) is 4.25. The van der Waals surface area contributed by atoms with Crippen molar-refractivity contribution in [3.63, 3.8) is 0 Å². The summed E-state index contributed by atoms with van der Waals surface area (Å²) in [5, 5.41) is 0. The van der Waals surface area contributed by atoms with Crippen molar-refractivity contribution in [1.82, 2.24) is 9.88 Å². The fraction of sp³-hybridized carbons (Fsp3) is 0.455. The summed E-state index contributed by atoms with van der Waals surface area (Å²) in [5.74, 6) is 2.22. The minimum atomic E-state index is -0.176. The van der Waals surface area contributed by atoms with Crippen LogP contribution in [0.15, 0.2) is 42.5 Å². The van der Waals surface area contributed by atoms with E-state index in [1.165, 1.54) is 12.8 Å². The van der Waals surface area contributed by atoms with Gasteiger partial charge in [0.05, 0.1) is 24.5 Å². The summed E-state index contributed by atoms with van der Waals surface area (Å²) >= 11 is 0. The summed E-state index contributed by atoms with van der Waals surface area (Å²) in [5.41, 5.74) is 1.82. The molecule has 6 heteroatoms. The minimum Gasteiger partial charge on any atom is -0.487 e. The minimum absolute atomic E-state index is 0.0174. The van der Waals surface area contributed by atoms with Gasteiger partial charge >= 0.3 is 0 Å². The monoisotopic (exact) mass is 379 g/mol. The zero-order chi connectivity index (χ0) is 19.1. The molecule has 146 valence electrons. The lowest BCUT2D eigenvalue weighted by atomic mass is 10.1. The summed E-state index contributed by atoms with van der Waals surface area (Å²) in [6, 6.07) is 13.5. The van der Waals surface area contributed by atoms with Crippen LogP contribution in [-0.4, -0.2) is 48.1 Å². The Morgan fingerprint density at radius 2 is 2.04 bits per heavy atom. The van der Waals surface area contributed by atoms with E-state index in [-0.39, 0.29) is 18.1 Å². The first-order valence-electron chi connectivity index (χ1n) is 10.0. The molecule has 0 radical (unpaired) electrons. The van der Waals surface area contributed by atoms with E-state index < -0.39 is 0 Å². The Balaban J connectivity index is 1.44. The van der Waals surface area contributed by atoms with Crippen molar-refractivity contribution in [3.8, 4) is 11.6 Å². The van der Waals surface area contributed by atoms with E-state index in [4.69, 9.17) is 9.47 Å². The average molecular weight is 379 g/mol. The molecule has 28 heavy (non-hydrogen) atoms. The Bertz CT molecular complexity index is 883. The third-order valence-corrected chi connectivity index (χ3v) is 5.86. The number of likely N-dealkylation sites (tertiary alicyclic amines) is 1. The standard InChI is InChI=1S/C22H25N3O3/c1-27-21-8-4-5-16(23-21)13-24-14-17-11-19(24)22(26)25(12-15-9-10-15)18-6-2-3-7-20(18)28-17/h2-8,15,17,19H,9-14H2,1H3/t17-,19-/m0/s1. The molecule has 5 rings (SSSR count). The second-order valence-electron chi connectivity index (χ2n) is 7.95. The number of carbonyl (C=O) groups excluding carboxylic acids is 1. The number of hydrogen-bond donors (Lipinski definition) is 0. The molecule has 0 unspecified atom stereocenters. The maximum absolute atomic E-state index is 13.6. The van der Waals surface area contributed by atoms with E-state index in [9.17, 15) is 4.79 Å². The molecule has 2 bridgehead atoms. The first-order chi connectivity index (χ1) is 13.7. The van der Waals surface area contributed by atoms with Gasteiger partial charge in [-0.1, -0.05) is 18.2 Å². The van der Waals surface area contributed by atoms with Crippen LogP contribution in [0, 0.1) is 5.92 Å².